The average molecular weight is 253 g/mol. The summed E-state index contributed by atoms with van der Waals surface area (Å²) >= 11 is 1.57. The quantitative estimate of drug-likeness (QED) is 0.845. The molecule has 1 unspecified atom stereocenters. The summed E-state index contributed by atoms with van der Waals surface area (Å²) in [5.74, 6) is 1.21. The molecule has 17 heavy (non-hydrogen) atoms. The second-order valence-electron chi connectivity index (χ2n) is 4.38. The second kappa shape index (κ2) is 4.29. The van der Waals surface area contributed by atoms with Gasteiger partial charge in [0.05, 0.1) is 12.3 Å². The monoisotopic (exact) mass is 253 g/mol. The molecular weight excluding hydrogens is 238 g/mol. The van der Waals surface area contributed by atoms with Crippen molar-refractivity contribution in [3.05, 3.63) is 17.3 Å². The highest BCUT2D eigenvalue weighted by Gasteiger charge is 2.26. The molecule has 1 aliphatic heterocycles. The summed E-state index contributed by atoms with van der Waals surface area (Å²) in [4.78, 5) is 7.63. The van der Waals surface area contributed by atoms with E-state index in [9.17, 15) is 5.11 Å². The average Bonchev–Trinajstić information content (AvgIpc) is 3.02. The van der Waals surface area contributed by atoms with Crippen LogP contribution in [0.15, 0.2) is 11.6 Å². The molecule has 2 aromatic rings. The lowest BCUT2D eigenvalue weighted by Gasteiger charge is -2.16. The number of hydrogen-bond donors (Lipinski definition) is 2. The number of thiazole rings is 1. The van der Waals surface area contributed by atoms with Gasteiger partial charge in [0.2, 0.25) is 0 Å². The van der Waals surface area contributed by atoms with Crippen LogP contribution in [0.3, 0.4) is 0 Å². The molecule has 3 heterocycles. The topological polar surface area (TPSA) is 61.0 Å². The van der Waals surface area contributed by atoms with Gasteiger partial charge in [-0.2, -0.15) is 0 Å². The summed E-state index contributed by atoms with van der Waals surface area (Å²) in [5.41, 5.74) is 0.847. The summed E-state index contributed by atoms with van der Waals surface area (Å²) in [5, 5.41) is 20.6. The van der Waals surface area contributed by atoms with Crippen LogP contribution < -0.4 is 4.90 Å². The van der Waals surface area contributed by atoms with E-state index in [0.29, 0.717) is 5.92 Å². The Hall–Kier alpha value is -1.11. The number of aromatic nitrogens is 2. The number of rotatable bonds is 3. The molecule has 0 radical (unpaired) electrons. The maximum absolute atomic E-state index is 9.47. The van der Waals surface area contributed by atoms with E-state index in [4.69, 9.17) is 5.11 Å². The Morgan fingerprint density at radius 2 is 2.35 bits per heavy atom. The fraction of sp³-hybridized carbons (Fsp3) is 0.545. The van der Waals surface area contributed by atoms with Crippen molar-refractivity contribution in [2.45, 2.75) is 13.0 Å². The predicted molar refractivity (Wildman–Crippen MR) is 66.4 cm³/mol. The van der Waals surface area contributed by atoms with E-state index >= 15 is 0 Å². The van der Waals surface area contributed by atoms with Gasteiger partial charge < -0.3 is 15.1 Å². The van der Waals surface area contributed by atoms with Gasteiger partial charge in [0, 0.05) is 37.2 Å². The largest absolute Gasteiger partial charge is 0.396 e. The van der Waals surface area contributed by atoms with Crippen LogP contribution in [0, 0.1) is 5.92 Å². The summed E-state index contributed by atoms with van der Waals surface area (Å²) in [6.07, 6.45) is 2.92. The number of aliphatic hydroxyl groups is 2. The third kappa shape index (κ3) is 1.72. The van der Waals surface area contributed by atoms with Gasteiger partial charge in [-0.15, -0.1) is 11.3 Å². The van der Waals surface area contributed by atoms with Gasteiger partial charge >= 0.3 is 0 Å². The van der Waals surface area contributed by atoms with Crippen LogP contribution in [0.1, 0.15) is 12.1 Å². The first-order valence-electron chi connectivity index (χ1n) is 5.74. The van der Waals surface area contributed by atoms with Gasteiger partial charge in [-0.25, -0.2) is 4.98 Å². The SMILES string of the molecule is OCc1c(N2CCC(CO)C2)nc2sccn12. The summed E-state index contributed by atoms with van der Waals surface area (Å²) < 4.78 is 1.94. The number of imidazole rings is 1. The van der Waals surface area contributed by atoms with E-state index in [1.165, 1.54) is 0 Å². The second-order valence-corrected chi connectivity index (χ2v) is 5.25. The fourth-order valence-electron chi connectivity index (χ4n) is 2.40. The molecule has 6 heteroatoms. The molecule has 0 amide bonds. The van der Waals surface area contributed by atoms with Gasteiger partial charge in [0.15, 0.2) is 10.8 Å². The van der Waals surface area contributed by atoms with Crippen LogP contribution >= 0.6 is 11.3 Å². The minimum atomic E-state index is -0.00642. The first-order chi connectivity index (χ1) is 8.33. The first kappa shape index (κ1) is 11.0. The number of anilines is 1. The van der Waals surface area contributed by atoms with Crippen molar-refractivity contribution < 1.29 is 10.2 Å². The molecule has 5 nitrogen and oxygen atoms in total. The van der Waals surface area contributed by atoms with Crippen LogP contribution in [0.5, 0.6) is 0 Å². The van der Waals surface area contributed by atoms with Crippen molar-refractivity contribution in [1.29, 1.82) is 0 Å². The Morgan fingerprint density at radius 1 is 1.47 bits per heavy atom. The highest BCUT2D eigenvalue weighted by atomic mass is 32.1. The number of aliphatic hydroxyl groups excluding tert-OH is 2. The lowest BCUT2D eigenvalue weighted by atomic mass is 10.1. The third-order valence-electron chi connectivity index (χ3n) is 3.33. The highest BCUT2D eigenvalue weighted by molar-refractivity contribution is 7.15. The van der Waals surface area contributed by atoms with Crippen molar-refractivity contribution in [2.75, 3.05) is 24.6 Å². The molecule has 0 bridgehead atoms. The normalized spacial score (nSPS) is 20.6. The Morgan fingerprint density at radius 3 is 3.06 bits per heavy atom. The molecule has 92 valence electrons. The molecule has 1 aliphatic rings. The summed E-state index contributed by atoms with van der Waals surface area (Å²) in [7, 11) is 0. The van der Waals surface area contributed by atoms with Crippen molar-refractivity contribution in [2.24, 2.45) is 5.92 Å². The van der Waals surface area contributed by atoms with Gasteiger partial charge in [-0.3, -0.25) is 4.40 Å². The molecule has 1 fully saturated rings. The Labute approximate surface area is 103 Å². The standard InChI is InChI=1S/C11H15N3O2S/c15-6-8-1-2-13(5-8)10-9(7-16)14-3-4-17-11(14)12-10/h3-4,8,15-16H,1-2,5-7H2. The number of fused-ring (bicyclic) bond motifs is 1. The van der Waals surface area contributed by atoms with Crippen LogP contribution in [0.25, 0.3) is 4.96 Å². The maximum Gasteiger partial charge on any atom is 0.195 e. The fourth-order valence-corrected chi connectivity index (χ4v) is 3.12. The van der Waals surface area contributed by atoms with Crippen molar-refractivity contribution in [1.82, 2.24) is 9.38 Å². The molecule has 0 saturated carbocycles. The third-order valence-corrected chi connectivity index (χ3v) is 4.09. The zero-order valence-corrected chi connectivity index (χ0v) is 10.2. The van der Waals surface area contributed by atoms with Gasteiger partial charge in [0.1, 0.15) is 0 Å². The zero-order valence-electron chi connectivity index (χ0n) is 9.41. The van der Waals surface area contributed by atoms with E-state index in [-0.39, 0.29) is 13.2 Å². The molecule has 0 aliphatic carbocycles. The number of nitrogens with zero attached hydrogens (tertiary/aromatic N) is 3. The van der Waals surface area contributed by atoms with E-state index in [1.807, 2.05) is 16.0 Å². The Kier molecular flexibility index (Phi) is 2.78. The minimum absolute atomic E-state index is 0.00642. The van der Waals surface area contributed by atoms with Crippen molar-refractivity contribution in [3.63, 3.8) is 0 Å². The van der Waals surface area contributed by atoms with Crippen LogP contribution in [-0.4, -0.2) is 39.3 Å². The van der Waals surface area contributed by atoms with Crippen LogP contribution in [0.2, 0.25) is 0 Å². The lowest BCUT2D eigenvalue weighted by molar-refractivity contribution is 0.238. The van der Waals surface area contributed by atoms with Crippen LogP contribution in [-0.2, 0) is 6.61 Å². The van der Waals surface area contributed by atoms with E-state index in [1.54, 1.807) is 11.3 Å². The lowest BCUT2D eigenvalue weighted by Crippen LogP contribution is -2.22. The zero-order chi connectivity index (χ0) is 11.8. The van der Waals surface area contributed by atoms with Gasteiger partial charge in [-0.05, 0) is 6.42 Å². The summed E-state index contributed by atoms with van der Waals surface area (Å²) in [6, 6.07) is 0. The van der Waals surface area contributed by atoms with E-state index < -0.39 is 0 Å². The van der Waals surface area contributed by atoms with E-state index in [0.717, 1.165) is 36.0 Å². The van der Waals surface area contributed by atoms with E-state index in [2.05, 4.69) is 9.88 Å². The molecular formula is C11H15N3O2S. The maximum atomic E-state index is 9.47. The first-order valence-corrected chi connectivity index (χ1v) is 6.62. The Bertz CT molecular complexity index is 522. The molecule has 0 aromatic carbocycles. The molecule has 3 rings (SSSR count). The predicted octanol–water partition coefficient (Wildman–Crippen LogP) is 0.707. The number of hydrogen-bond acceptors (Lipinski definition) is 5. The molecule has 1 atom stereocenters. The molecule has 2 aromatic heterocycles. The Balaban J connectivity index is 1.97. The van der Waals surface area contributed by atoms with Crippen molar-refractivity contribution >= 4 is 22.1 Å². The van der Waals surface area contributed by atoms with Crippen molar-refractivity contribution in [3.8, 4) is 0 Å². The van der Waals surface area contributed by atoms with Crippen LogP contribution in [0.4, 0.5) is 5.82 Å². The molecule has 0 spiro atoms. The molecule has 1 saturated heterocycles. The molecule has 2 N–H and O–H groups in total. The van der Waals surface area contributed by atoms with Gasteiger partial charge in [-0.1, -0.05) is 0 Å². The van der Waals surface area contributed by atoms with Gasteiger partial charge in [0.25, 0.3) is 0 Å². The smallest absolute Gasteiger partial charge is 0.195 e. The minimum Gasteiger partial charge on any atom is -0.396 e. The highest BCUT2D eigenvalue weighted by Crippen LogP contribution is 2.28. The summed E-state index contributed by atoms with van der Waals surface area (Å²) in [6.45, 7) is 1.96.